The molecule has 1 N–H and O–H groups in total. The number of aliphatic hydroxyl groups is 1. The number of nitrogens with zero attached hydrogens (tertiary/aromatic N) is 2. The highest BCUT2D eigenvalue weighted by molar-refractivity contribution is 7.22. The van der Waals surface area contributed by atoms with Crippen molar-refractivity contribution in [2.45, 2.75) is 13.0 Å². The molecular formula is C26H18F2N2O4S. The summed E-state index contributed by atoms with van der Waals surface area (Å²) < 4.78 is 33.2. The van der Waals surface area contributed by atoms with E-state index >= 15 is 0 Å². The molecule has 0 aliphatic carbocycles. The van der Waals surface area contributed by atoms with Crippen LogP contribution < -0.4 is 9.64 Å². The van der Waals surface area contributed by atoms with Gasteiger partial charge in [0.25, 0.3) is 5.78 Å². The SMILES string of the molecule is CCOc1ccc([C@H]2/C(=C(\O)c3ccc(F)cc3)C(=O)C(=O)N2c2nc3ccc(F)cc3s2)cc1. The summed E-state index contributed by atoms with van der Waals surface area (Å²) in [5, 5.41) is 11.3. The quantitative estimate of drug-likeness (QED) is 0.223. The lowest BCUT2D eigenvalue weighted by atomic mass is 9.95. The molecule has 1 amide bonds. The molecule has 0 radical (unpaired) electrons. The summed E-state index contributed by atoms with van der Waals surface area (Å²) in [4.78, 5) is 32.1. The molecule has 1 saturated heterocycles. The van der Waals surface area contributed by atoms with Gasteiger partial charge in [0, 0.05) is 5.56 Å². The monoisotopic (exact) mass is 492 g/mol. The number of fused-ring (bicyclic) bond motifs is 1. The van der Waals surface area contributed by atoms with E-state index in [1.165, 1.54) is 35.2 Å². The zero-order chi connectivity index (χ0) is 24.7. The fourth-order valence-electron chi connectivity index (χ4n) is 4.01. The van der Waals surface area contributed by atoms with Gasteiger partial charge in [0.1, 0.15) is 23.1 Å². The molecule has 0 unspecified atom stereocenters. The van der Waals surface area contributed by atoms with E-state index in [4.69, 9.17) is 4.74 Å². The fourth-order valence-corrected chi connectivity index (χ4v) is 5.03. The molecule has 1 fully saturated rings. The summed E-state index contributed by atoms with van der Waals surface area (Å²) in [5.41, 5.74) is 1.03. The maximum absolute atomic E-state index is 13.8. The number of anilines is 1. The minimum atomic E-state index is -1.01. The minimum absolute atomic E-state index is 0.156. The second-order valence-electron chi connectivity index (χ2n) is 7.79. The van der Waals surface area contributed by atoms with Crippen LogP contribution in [0.1, 0.15) is 24.1 Å². The number of thiazole rings is 1. The van der Waals surface area contributed by atoms with E-state index in [0.717, 1.165) is 23.5 Å². The van der Waals surface area contributed by atoms with Crippen molar-refractivity contribution in [1.29, 1.82) is 0 Å². The molecule has 1 atom stereocenters. The summed E-state index contributed by atoms with van der Waals surface area (Å²) in [6, 6.07) is 14.8. The number of carbonyl (C=O) groups excluding carboxylic acids is 2. The molecular weight excluding hydrogens is 474 g/mol. The summed E-state index contributed by atoms with van der Waals surface area (Å²) in [6.07, 6.45) is 0. The molecule has 35 heavy (non-hydrogen) atoms. The summed E-state index contributed by atoms with van der Waals surface area (Å²) in [5.74, 6) is -2.58. The lowest BCUT2D eigenvalue weighted by Crippen LogP contribution is -2.29. The van der Waals surface area contributed by atoms with Gasteiger partial charge >= 0.3 is 5.91 Å². The Bertz CT molecular complexity index is 1480. The number of ketones is 1. The second kappa shape index (κ2) is 8.92. The fraction of sp³-hybridized carbons (Fsp3) is 0.115. The van der Waals surface area contributed by atoms with Crippen LogP contribution in [-0.2, 0) is 9.59 Å². The number of aromatic nitrogens is 1. The number of ether oxygens (including phenoxy) is 1. The lowest BCUT2D eigenvalue weighted by Gasteiger charge is -2.23. The van der Waals surface area contributed by atoms with Crippen molar-refractivity contribution in [2.24, 2.45) is 0 Å². The first kappa shape index (κ1) is 22.7. The number of Topliss-reactive ketones (excluding diaryl/α,β-unsaturated/α-hetero) is 1. The van der Waals surface area contributed by atoms with Crippen LogP contribution >= 0.6 is 11.3 Å². The van der Waals surface area contributed by atoms with Crippen LogP contribution in [0.25, 0.3) is 16.0 Å². The first-order valence-corrected chi connectivity index (χ1v) is 11.5. The van der Waals surface area contributed by atoms with Crippen LogP contribution in [-0.4, -0.2) is 28.4 Å². The summed E-state index contributed by atoms with van der Waals surface area (Å²) in [7, 11) is 0. The highest BCUT2D eigenvalue weighted by atomic mass is 32.1. The Morgan fingerprint density at radius 2 is 1.71 bits per heavy atom. The Morgan fingerprint density at radius 3 is 2.40 bits per heavy atom. The standard InChI is InChI=1S/C26H18F2N2O4S/c1-2-34-18-10-5-14(6-11-18)22-21(23(31)15-3-7-16(27)8-4-15)24(32)25(33)30(22)26-29-19-12-9-17(28)13-20(19)35-26/h3-13,22,31H,2H2,1H3/b23-21+/t22-/m0/s1. The number of amides is 1. The van der Waals surface area contributed by atoms with Gasteiger partial charge < -0.3 is 9.84 Å². The number of rotatable bonds is 5. The Morgan fingerprint density at radius 1 is 1.03 bits per heavy atom. The third kappa shape index (κ3) is 4.04. The van der Waals surface area contributed by atoms with Gasteiger partial charge in [-0.2, -0.15) is 0 Å². The minimum Gasteiger partial charge on any atom is -0.507 e. The van der Waals surface area contributed by atoms with E-state index in [9.17, 15) is 23.5 Å². The molecule has 9 heteroatoms. The molecule has 6 nitrogen and oxygen atoms in total. The second-order valence-corrected chi connectivity index (χ2v) is 8.80. The molecule has 4 aromatic rings. The highest BCUT2D eigenvalue weighted by Crippen LogP contribution is 2.44. The molecule has 1 aliphatic rings. The number of hydrogen-bond donors (Lipinski definition) is 1. The zero-order valence-corrected chi connectivity index (χ0v) is 19.2. The Hall–Kier alpha value is -4.11. The normalized spacial score (nSPS) is 17.3. The van der Waals surface area contributed by atoms with Crippen molar-refractivity contribution < 1.29 is 28.2 Å². The van der Waals surface area contributed by atoms with E-state index < -0.39 is 35.1 Å². The average Bonchev–Trinajstić information content (AvgIpc) is 3.37. The van der Waals surface area contributed by atoms with Gasteiger partial charge in [-0.1, -0.05) is 23.5 Å². The maximum Gasteiger partial charge on any atom is 0.301 e. The smallest absolute Gasteiger partial charge is 0.301 e. The third-order valence-corrected chi connectivity index (χ3v) is 6.63. The van der Waals surface area contributed by atoms with Crippen molar-refractivity contribution in [1.82, 2.24) is 4.98 Å². The number of benzene rings is 3. The molecule has 5 rings (SSSR count). The van der Waals surface area contributed by atoms with Crippen LogP contribution in [0.3, 0.4) is 0 Å². The first-order chi connectivity index (χ1) is 16.9. The molecule has 176 valence electrons. The van der Waals surface area contributed by atoms with Crippen LogP contribution in [0, 0.1) is 11.6 Å². The van der Waals surface area contributed by atoms with Crippen LogP contribution in [0.15, 0.2) is 72.3 Å². The molecule has 1 aromatic heterocycles. The van der Waals surface area contributed by atoms with Gasteiger partial charge in [-0.3, -0.25) is 14.5 Å². The van der Waals surface area contributed by atoms with E-state index in [1.54, 1.807) is 24.3 Å². The van der Waals surface area contributed by atoms with Gasteiger partial charge in [-0.05, 0) is 67.1 Å². The van der Waals surface area contributed by atoms with Crippen molar-refractivity contribution in [3.63, 3.8) is 0 Å². The molecule has 2 heterocycles. The van der Waals surface area contributed by atoms with Gasteiger partial charge in [-0.25, -0.2) is 13.8 Å². The molecule has 0 bridgehead atoms. The number of aliphatic hydroxyl groups excluding tert-OH is 1. The third-order valence-electron chi connectivity index (χ3n) is 5.61. The topological polar surface area (TPSA) is 79.7 Å². The van der Waals surface area contributed by atoms with Gasteiger partial charge in [0.05, 0.1) is 28.4 Å². The van der Waals surface area contributed by atoms with E-state index in [0.29, 0.717) is 28.1 Å². The lowest BCUT2D eigenvalue weighted by molar-refractivity contribution is -0.132. The number of hydrogen-bond acceptors (Lipinski definition) is 6. The highest BCUT2D eigenvalue weighted by Gasteiger charge is 2.48. The molecule has 0 saturated carbocycles. The Kier molecular flexibility index (Phi) is 5.78. The summed E-state index contributed by atoms with van der Waals surface area (Å²) in [6.45, 7) is 2.31. The average molecular weight is 493 g/mol. The maximum atomic E-state index is 13.8. The number of halogens is 2. The van der Waals surface area contributed by atoms with E-state index in [-0.39, 0.29) is 16.3 Å². The Labute approximate surface area is 202 Å². The van der Waals surface area contributed by atoms with Gasteiger partial charge in [-0.15, -0.1) is 0 Å². The van der Waals surface area contributed by atoms with Crippen LogP contribution in [0.2, 0.25) is 0 Å². The van der Waals surface area contributed by atoms with Crippen molar-refractivity contribution >= 4 is 44.1 Å². The van der Waals surface area contributed by atoms with Crippen molar-refractivity contribution in [3.8, 4) is 5.75 Å². The van der Waals surface area contributed by atoms with E-state index in [1.807, 2.05) is 6.92 Å². The van der Waals surface area contributed by atoms with E-state index in [2.05, 4.69) is 4.98 Å². The molecule has 0 spiro atoms. The number of carbonyl (C=O) groups is 2. The van der Waals surface area contributed by atoms with Crippen LogP contribution in [0.4, 0.5) is 13.9 Å². The van der Waals surface area contributed by atoms with Gasteiger partial charge in [0.15, 0.2) is 5.13 Å². The predicted octanol–water partition coefficient (Wildman–Crippen LogP) is 5.60. The predicted molar refractivity (Wildman–Crippen MR) is 128 cm³/mol. The zero-order valence-electron chi connectivity index (χ0n) is 18.4. The van der Waals surface area contributed by atoms with Crippen LogP contribution in [0.5, 0.6) is 5.75 Å². The van der Waals surface area contributed by atoms with Gasteiger partial charge in [0.2, 0.25) is 0 Å². The molecule has 3 aromatic carbocycles. The summed E-state index contributed by atoms with van der Waals surface area (Å²) >= 11 is 1.06. The van der Waals surface area contributed by atoms with Crippen molar-refractivity contribution in [2.75, 3.05) is 11.5 Å². The Balaban J connectivity index is 1.70. The first-order valence-electron chi connectivity index (χ1n) is 10.7. The largest absolute Gasteiger partial charge is 0.507 e. The van der Waals surface area contributed by atoms with Crippen molar-refractivity contribution in [3.05, 3.63) is 95.1 Å². The molecule has 1 aliphatic heterocycles.